The molecule has 0 saturated heterocycles. The summed E-state index contributed by atoms with van der Waals surface area (Å²) in [6.45, 7) is 6.33. The molecule has 6 nitrogen and oxygen atoms in total. The maximum absolute atomic E-state index is 13.2. The molecule has 1 amide bonds. The summed E-state index contributed by atoms with van der Waals surface area (Å²) >= 11 is 0. The van der Waals surface area contributed by atoms with Crippen LogP contribution in [0.1, 0.15) is 239 Å². The summed E-state index contributed by atoms with van der Waals surface area (Å²) in [5, 5.41) is 23.7. The van der Waals surface area contributed by atoms with Gasteiger partial charge in [0.25, 0.3) is 0 Å². The Morgan fingerprint density at radius 3 is 1.38 bits per heavy atom. The number of rotatable bonds is 45. The van der Waals surface area contributed by atoms with Crippen LogP contribution >= 0.6 is 0 Å². The first-order valence-corrected chi connectivity index (χ1v) is 25.7. The van der Waals surface area contributed by atoms with Gasteiger partial charge in [0.15, 0.2) is 0 Å². The largest absolute Gasteiger partial charge is 0.461 e. The van der Waals surface area contributed by atoms with Crippen molar-refractivity contribution in [2.75, 3.05) is 6.61 Å². The molecule has 3 N–H and O–H groups in total. The molecule has 3 atom stereocenters. The molecule has 3 unspecified atom stereocenters. The van der Waals surface area contributed by atoms with E-state index in [9.17, 15) is 19.8 Å². The monoisotopic (exact) mass is 852 g/mol. The van der Waals surface area contributed by atoms with Crippen molar-refractivity contribution in [2.45, 2.75) is 257 Å². The number of allylic oxidation sites excluding steroid dienone is 11. The Bertz CT molecular complexity index is 1140. The molecular formula is C55H97NO5. The Morgan fingerprint density at radius 1 is 0.508 bits per heavy atom. The van der Waals surface area contributed by atoms with E-state index in [1.165, 1.54) is 109 Å². The fourth-order valence-electron chi connectivity index (χ4n) is 7.39. The van der Waals surface area contributed by atoms with Crippen molar-refractivity contribution in [3.8, 4) is 0 Å². The fraction of sp³-hybridized carbons (Fsp3) is 0.745. The molecule has 0 bridgehead atoms. The molecule has 0 saturated carbocycles. The van der Waals surface area contributed by atoms with Gasteiger partial charge in [-0.3, -0.25) is 9.59 Å². The molecular weight excluding hydrogens is 755 g/mol. The van der Waals surface area contributed by atoms with Crippen molar-refractivity contribution in [3.05, 3.63) is 72.9 Å². The first kappa shape index (κ1) is 58.3. The molecule has 0 fully saturated rings. The summed E-state index contributed by atoms with van der Waals surface area (Å²) in [6.07, 6.45) is 61.2. The van der Waals surface area contributed by atoms with E-state index in [0.717, 1.165) is 83.5 Å². The Balaban J connectivity index is 4.75. The zero-order valence-electron chi connectivity index (χ0n) is 40.0. The Hall–Kier alpha value is -2.70. The maximum Gasteiger partial charge on any atom is 0.306 e. The number of ether oxygens (including phenoxy) is 1. The van der Waals surface area contributed by atoms with Gasteiger partial charge >= 0.3 is 5.97 Å². The van der Waals surface area contributed by atoms with Crippen LogP contribution in [0.15, 0.2) is 72.9 Å². The molecule has 0 rings (SSSR count). The SMILES string of the molecule is CC/C=C\C/C=C\C/C=C\C/C=C\C/C=C\CC(CC(=O)NC(CO)C(O)CCCCCCCCCCCCCCC)OC(=O)CCCCC/C=C\CCCCCCCCC. The van der Waals surface area contributed by atoms with Crippen LogP contribution in [-0.4, -0.2) is 46.9 Å². The van der Waals surface area contributed by atoms with Crippen LogP contribution in [0.3, 0.4) is 0 Å². The van der Waals surface area contributed by atoms with Crippen molar-refractivity contribution in [3.63, 3.8) is 0 Å². The number of amides is 1. The average Bonchev–Trinajstić information content (AvgIpc) is 3.25. The molecule has 0 radical (unpaired) electrons. The molecule has 0 aliphatic carbocycles. The van der Waals surface area contributed by atoms with Gasteiger partial charge in [-0.2, -0.15) is 0 Å². The average molecular weight is 852 g/mol. The minimum Gasteiger partial charge on any atom is -0.461 e. The second kappa shape index (κ2) is 48.3. The molecule has 6 heteroatoms. The summed E-state index contributed by atoms with van der Waals surface area (Å²) in [7, 11) is 0. The minimum atomic E-state index is -0.816. The number of aliphatic hydroxyl groups is 2. The zero-order valence-corrected chi connectivity index (χ0v) is 40.0. The first-order chi connectivity index (χ1) is 30.0. The fourth-order valence-corrected chi connectivity index (χ4v) is 7.39. The van der Waals surface area contributed by atoms with Crippen LogP contribution < -0.4 is 5.32 Å². The maximum atomic E-state index is 13.2. The molecule has 0 aliphatic rings. The first-order valence-electron chi connectivity index (χ1n) is 25.7. The lowest BCUT2D eigenvalue weighted by Gasteiger charge is -2.24. The van der Waals surface area contributed by atoms with Crippen molar-refractivity contribution in [2.24, 2.45) is 0 Å². The van der Waals surface area contributed by atoms with Gasteiger partial charge < -0.3 is 20.3 Å². The van der Waals surface area contributed by atoms with E-state index in [1.807, 2.05) is 12.2 Å². The Labute approximate surface area is 377 Å². The summed E-state index contributed by atoms with van der Waals surface area (Å²) in [6, 6.07) is -0.737. The van der Waals surface area contributed by atoms with Gasteiger partial charge in [-0.25, -0.2) is 0 Å². The number of esters is 1. The van der Waals surface area contributed by atoms with Gasteiger partial charge in [-0.15, -0.1) is 0 Å². The van der Waals surface area contributed by atoms with E-state index in [-0.39, 0.29) is 24.9 Å². The van der Waals surface area contributed by atoms with Gasteiger partial charge in [-0.05, 0) is 70.6 Å². The van der Waals surface area contributed by atoms with Crippen molar-refractivity contribution < 1.29 is 24.5 Å². The number of hydrogen-bond donors (Lipinski definition) is 3. The predicted molar refractivity (Wildman–Crippen MR) is 264 cm³/mol. The van der Waals surface area contributed by atoms with Gasteiger partial charge in [0.05, 0.1) is 25.2 Å². The summed E-state index contributed by atoms with van der Waals surface area (Å²) in [5.41, 5.74) is 0. The standard InChI is InChI=1S/C55H97NO5/c1-4-7-10-13-16-19-22-25-27-29-31-34-37-40-43-46-51(61-55(60)48-45-42-39-36-33-30-26-23-20-17-14-11-8-5-2)49-54(59)56-52(50-57)53(58)47-44-41-38-35-32-28-24-21-18-15-12-9-6-3/h7,10,16,19,25,27,30-31,33-34,40,43,51-53,57-58H,4-6,8-9,11-15,17-18,20-24,26,28-29,32,35-39,41-42,44-50H2,1-3H3,(H,56,59)/b10-7-,19-16-,27-25-,33-30-,34-31-,43-40-. The Kier molecular flexibility index (Phi) is 46.2. The lowest BCUT2D eigenvalue weighted by molar-refractivity contribution is -0.150. The summed E-state index contributed by atoms with van der Waals surface area (Å²) in [4.78, 5) is 26.1. The molecule has 0 heterocycles. The molecule has 61 heavy (non-hydrogen) atoms. The zero-order chi connectivity index (χ0) is 44.5. The van der Waals surface area contributed by atoms with Crippen LogP contribution in [0.2, 0.25) is 0 Å². The van der Waals surface area contributed by atoms with E-state index in [1.54, 1.807) is 0 Å². The minimum absolute atomic E-state index is 0.00839. The number of nitrogens with one attached hydrogen (secondary N) is 1. The van der Waals surface area contributed by atoms with Crippen LogP contribution in [0, 0.1) is 0 Å². The van der Waals surface area contributed by atoms with E-state index >= 15 is 0 Å². The van der Waals surface area contributed by atoms with Crippen molar-refractivity contribution in [1.29, 1.82) is 0 Å². The Morgan fingerprint density at radius 2 is 0.918 bits per heavy atom. The predicted octanol–water partition coefficient (Wildman–Crippen LogP) is 15.4. The number of carbonyl (C=O) groups excluding carboxylic acids is 2. The third kappa shape index (κ3) is 43.7. The van der Waals surface area contributed by atoms with Gasteiger partial charge in [0.2, 0.25) is 5.91 Å². The number of unbranched alkanes of at least 4 members (excludes halogenated alkanes) is 22. The highest BCUT2D eigenvalue weighted by Crippen LogP contribution is 2.16. The molecule has 0 aromatic carbocycles. The molecule has 0 aromatic heterocycles. The third-order valence-electron chi connectivity index (χ3n) is 11.3. The van der Waals surface area contributed by atoms with Gasteiger partial charge in [-0.1, -0.05) is 222 Å². The normalized spacial score (nSPS) is 13.9. The third-order valence-corrected chi connectivity index (χ3v) is 11.3. The second-order valence-electron chi connectivity index (χ2n) is 17.2. The quantitative estimate of drug-likeness (QED) is 0.0322. The van der Waals surface area contributed by atoms with E-state index in [2.05, 4.69) is 86.8 Å². The van der Waals surface area contributed by atoms with Crippen LogP contribution in [0.25, 0.3) is 0 Å². The molecule has 0 aromatic rings. The van der Waals surface area contributed by atoms with Gasteiger partial charge in [0, 0.05) is 12.8 Å². The van der Waals surface area contributed by atoms with Gasteiger partial charge in [0.1, 0.15) is 6.10 Å². The summed E-state index contributed by atoms with van der Waals surface area (Å²) in [5.74, 6) is -0.599. The topological polar surface area (TPSA) is 95.9 Å². The lowest BCUT2D eigenvalue weighted by Crippen LogP contribution is -2.46. The summed E-state index contributed by atoms with van der Waals surface area (Å²) < 4.78 is 5.86. The lowest BCUT2D eigenvalue weighted by atomic mass is 10.0. The van der Waals surface area contributed by atoms with Crippen LogP contribution in [0.5, 0.6) is 0 Å². The van der Waals surface area contributed by atoms with Crippen molar-refractivity contribution >= 4 is 11.9 Å². The molecule has 0 aliphatic heterocycles. The van der Waals surface area contributed by atoms with E-state index in [0.29, 0.717) is 19.3 Å². The van der Waals surface area contributed by atoms with E-state index in [4.69, 9.17) is 4.74 Å². The van der Waals surface area contributed by atoms with E-state index < -0.39 is 18.2 Å². The highest BCUT2D eigenvalue weighted by Gasteiger charge is 2.23. The second-order valence-corrected chi connectivity index (χ2v) is 17.2. The highest BCUT2D eigenvalue weighted by molar-refractivity contribution is 5.77. The smallest absolute Gasteiger partial charge is 0.306 e. The number of aliphatic hydroxyl groups excluding tert-OH is 2. The van der Waals surface area contributed by atoms with Crippen LogP contribution in [0.4, 0.5) is 0 Å². The molecule has 352 valence electrons. The van der Waals surface area contributed by atoms with Crippen LogP contribution in [-0.2, 0) is 14.3 Å². The molecule has 0 spiro atoms. The number of carbonyl (C=O) groups is 2. The number of hydrogen-bond acceptors (Lipinski definition) is 5. The highest BCUT2D eigenvalue weighted by atomic mass is 16.5. The van der Waals surface area contributed by atoms with Crippen molar-refractivity contribution in [1.82, 2.24) is 5.32 Å².